The third-order valence-corrected chi connectivity index (χ3v) is 2.59. The molecule has 0 unspecified atom stereocenters. The van der Waals surface area contributed by atoms with E-state index in [2.05, 4.69) is 4.98 Å². The molecule has 0 atom stereocenters. The minimum Gasteiger partial charge on any atom is -0.395 e. The minimum absolute atomic E-state index is 0.0203. The molecule has 0 spiro atoms. The molecule has 0 saturated heterocycles. The highest BCUT2D eigenvalue weighted by Gasteiger charge is 2.12. The maximum Gasteiger partial charge on any atom is 0.293 e. The summed E-state index contributed by atoms with van der Waals surface area (Å²) in [6, 6.07) is 0. The van der Waals surface area contributed by atoms with Crippen LogP contribution in [0, 0.1) is 0 Å². The van der Waals surface area contributed by atoms with E-state index >= 15 is 0 Å². The summed E-state index contributed by atoms with van der Waals surface area (Å²) in [7, 11) is 1.60. The Kier molecular flexibility index (Phi) is 6.38. The van der Waals surface area contributed by atoms with Crippen molar-refractivity contribution in [2.75, 3.05) is 38.3 Å². The molecule has 0 bridgehead atoms. The number of methoxy groups -OCH3 is 1. The summed E-state index contributed by atoms with van der Waals surface area (Å²) < 4.78 is 6.64. The molecule has 18 heavy (non-hydrogen) atoms. The summed E-state index contributed by atoms with van der Waals surface area (Å²) >= 11 is 0. The van der Waals surface area contributed by atoms with E-state index < -0.39 is 0 Å². The van der Waals surface area contributed by atoms with Crippen molar-refractivity contribution in [3.63, 3.8) is 0 Å². The predicted molar refractivity (Wildman–Crippen MR) is 70.0 cm³/mol. The Hall–Kier alpha value is -1.40. The van der Waals surface area contributed by atoms with Crippen LogP contribution in [0.5, 0.6) is 0 Å². The Morgan fingerprint density at radius 1 is 1.50 bits per heavy atom. The van der Waals surface area contributed by atoms with Gasteiger partial charge in [-0.3, -0.25) is 4.79 Å². The summed E-state index contributed by atoms with van der Waals surface area (Å²) in [5, 5.41) is 9.04. The van der Waals surface area contributed by atoms with Crippen molar-refractivity contribution in [2.45, 2.75) is 19.9 Å². The van der Waals surface area contributed by atoms with Crippen molar-refractivity contribution in [2.24, 2.45) is 0 Å². The first-order valence-corrected chi connectivity index (χ1v) is 6.14. The zero-order valence-electron chi connectivity index (χ0n) is 11.0. The molecule has 0 amide bonds. The van der Waals surface area contributed by atoms with E-state index in [1.807, 2.05) is 6.92 Å². The van der Waals surface area contributed by atoms with Gasteiger partial charge in [0.25, 0.3) is 5.56 Å². The van der Waals surface area contributed by atoms with E-state index in [4.69, 9.17) is 9.84 Å². The van der Waals surface area contributed by atoms with Gasteiger partial charge in [-0.25, -0.2) is 4.98 Å². The predicted octanol–water partition coefficient (Wildman–Crippen LogP) is 0.0984. The Bertz CT molecular complexity index is 406. The van der Waals surface area contributed by atoms with Crippen LogP contribution in [-0.2, 0) is 11.3 Å². The lowest BCUT2D eigenvalue weighted by molar-refractivity contribution is 0.202. The van der Waals surface area contributed by atoms with Gasteiger partial charge in [-0.15, -0.1) is 0 Å². The first kappa shape index (κ1) is 14.7. The van der Waals surface area contributed by atoms with Crippen molar-refractivity contribution < 1.29 is 9.84 Å². The SMILES string of the molecule is CCCn1ccnc(N(CCO)CCOC)c1=O. The van der Waals surface area contributed by atoms with E-state index in [0.29, 0.717) is 32.1 Å². The molecule has 0 aliphatic carbocycles. The van der Waals surface area contributed by atoms with Gasteiger partial charge in [0.15, 0.2) is 5.82 Å². The lowest BCUT2D eigenvalue weighted by atomic mass is 10.4. The molecule has 1 rings (SSSR count). The van der Waals surface area contributed by atoms with Crippen LogP contribution in [0.1, 0.15) is 13.3 Å². The highest BCUT2D eigenvalue weighted by atomic mass is 16.5. The minimum atomic E-state index is -0.121. The number of anilines is 1. The van der Waals surface area contributed by atoms with Gasteiger partial charge in [0.1, 0.15) is 0 Å². The highest BCUT2D eigenvalue weighted by Crippen LogP contribution is 2.03. The third kappa shape index (κ3) is 3.82. The van der Waals surface area contributed by atoms with Gasteiger partial charge < -0.3 is 19.3 Å². The number of aliphatic hydroxyl groups excluding tert-OH is 1. The van der Waals surface area contributed by atoms with Crippen LogP contribution in [0.25, 0.3) is 0 Å². The second kappa shape index (κ2) is 7.84. The molecule has 0 fully saturated rings. The fourth-order valence-electron chi connectivity index (χ4n) is 1.72. The molecule has 102 valence electrons. The second-order valence-electron chi connectivity index (χ2n) is 3.95. The van der Waals surface area contributed by atoms with E-state index in [-0.39, 0.29) is 12.2 Å². The Labute approximate surface area is 107 Å². The van der Waals surface area contributed by atoms with Crippen LogP contribution in [-0.4, -0.2) is 48.1 Å². The quantitative estimate of drug-likeness (QED) is 0.713. The Morgan fingerprint density at radius 2 is 2.28 bits per heavy atom. The lowest BCUT2D eigenvalue weighted by Gasteiger charge is -2.22. The fraction of sp³-hybridized carbons (Fsp3) is 0.667. The van der Waals surface area contributed by atoms with Crippen LogP contribution in [0.15, 0.2) is 17.2 Å². The smallest absolute Gasteiger partial charge is 0.293 e. The number of hydrogen-bond donors (Lipinski definition) is 1. The number of aryl methyl sites for hydroxylation is 1. The largest absolute Gasteiger partial charge is 0.395 e. The van der Waals surface area contributed by atoms with E-state index in [1.54, 1.807) is 29.0 Å². The zero-order chi connectivity index (χ0) is 13.4. The summed E-state index contributed by atoms with van der Waals surface area (Å²) in [5.74, 6) is 0.372. The van der Waals surface area contributed by atoms with Gasteiger partial charge >= 0.3 is 0 Å². The number of aliphatic hydroxyl groups is 1. The molecule has 1 N–H and O–H groups in total. The first-order valence-electron chi connectivity index (χ1n) is 6.14. The van der Waals surface area contributed by atoms with Crippen molar-refractivity contribution in [1.29, 1.82) is 0 Å². The zero-order valence-corrected chi connectivity index (χ0v) is 11.0. The average molecular weight is 255 g/mol. The molecule has 0 saturated carbocycles. The number of ether oxygens (including phenoxy) is 1. The molecular weight excluding hydrogens is 234 g/mol. The van der Waals surface area contributed by atoms with Gasteiger partial charge in [0, 0.05) is 39.1 Å². The van der Waals surface area contributed by atoms with Gasteiger partial charge in [-0.05, 0) is 6.42 Å². The molecular formula is C12H21N3O3. The van der Waals surface area contributed by atoms with Crippen molar-refractivity contribution in [3.8, 4) is 0 Å². The molecule has 0 aromatic carbocycles. The molecule has 1 heterocycles. The molecule has 0 radical (unpaired) electrons. The number of hydrogen-bond acceptors (Lipinski definition) is 5. The number of rotatable bonds is 8. The summed E-state index contributed by atoms with van der Waals surface area (Å²) in [6.07, 6.45) is 4.19. The maximum absolute atomic E-state index is 12.2. The van der Waals surface area contributed by atoms with E-state index in [0.717, 1.165) is 6.42 Å². The summed E-state index contributed by atoms with van der Waals surface area (Å²) in [4.78, 5) is 18.0. The van der Waals surface area contributed by atoms with Crippen LogP contribution >= 0.6 is 0 Å². The highest BCUT2D eigenvalue weighted by molar-refractivity contribution is 5.35. The van der Waals surface area contributed by atoms with Gasteiger partial charge in [-0.2, -0.15) is 0 Å². The monoisotopic (exact) mass is 255 g/mol. The lowest BCUT2D eigenvalue weighted by Crippen LogP contribution is -2.37. The molecule has 1 aromatic heterocycles. The standard InChI is InChI=1S/C12H21N3O3/c1-3-5-15-6-4-13-11(12(15)17)14(7-9-16)8-10-18-2/h4,6,16H,3,5,7-10H2,1-2H3. The van der Waals surface area contributed by atoms with E-state index in [9.17, 15) is 4.79 Å². The van der Waals surface area contributed by atoms with Crippen molar-refractivity contribution >= 4 is 5.82 Å². The molecule has 1 aromatic rings. The third-order valence-electron chi connectivity index (χ3n) is 2.59. The molecule has 0 aliphatic rings. The van der Waals surface area contributed by atoms with Crippen LogP contribution in [0.3, 0.4) is 0 Å². The molecule has 6 heteroatoms. The second-order valence-corrected chi connectivity index (χ2v) is 3.95. The normalized spacial score (nSPS) is 10.6. The summed E-state index contributed by atoms with van der Waals surface area (Å²) in [5.41, 5.74) is -0.121. The molecule has 0 aliphatic heterocycles. The van der Waals surface area contributed by atoms with Crippen LogP contribution in [0.2, 0.25) is 0 Å². The average Bonchev–Trinajstić information content (AvgIpc) is 2.38. The summed E-state index contributed by atoms with van der Waals surface area (Å²) in [6.45, 7) is 4.07. The van der Waals surface area contributed by atoms with Gasteiger partial charge in [-0.1, -0.05) is 6.92 Å². The van der Waals surface area contributed by atoms with E-state index in [1.165, 1.54) is 0 Å². The Morgan fingerprint density at radius 3 is 2.89 bits per heavy atom. The van der Waals surface area contributed by atoms with Gasteiger partial charge in [0.05, 0.1) is 13.2 Å². The number of nitrogens with zero attached hydrogens (tertiary/aromatic N) is 3. The van der Waals surface area contributed by atoms with Crippen molar-refractivity contribution in [3.05, 3.63) is 22.7 Å². The van der Waals surface area contributed by atoms with Crippen LogP contribution < -0.4 is 10.5 Å². The number of aromatic nitrogens is 2. The van der Waals surface area contributed by atoms with Crippen molar-refractivity contribution in [1.82, 2.24) is 9.55 Å². The fourth-order valence-corrected chi connectivity index (χ4v) is 1.72. The first-order chi connectivity index (χ1) is 8.74. The topological polar surface area (TPSA) is 67.6 Å². The van der Waals surface area contributed by atoms with Gasteiger partial charge in [0.2, 0.25) is 0 Å². The Balaban J connectivity index is 2.96. The van der Waals surface area contributed by atoms with Crippen LogP contribution in [0.4, 0.5) is 5.82 Å². The maximum atomic E-state index is 12.2. The molecule has 6 nitrogen and oxygen atoms in total.